The molecule has 0 aliphatic heterocycles. The average molecular weight is 221 g/mol. The maximum absolute atomic E-state index is 5.77. The SMILES string of the molecule is Cc1ccc(OCCC(C)(C)CN)c(C)c1. The molecule has 0 atom stereocenters. The van der Waals surface area contributed by atoms with Gasteiger partial charge in [0.05, 0.1) is 6.61 Å². The first-order chi connectivity index (χ1) is 7.44. The summed E-state index contributed by atoms with van der Waals surface area (Å²) in [5, 5.41) is 0. The highest BCUT2D eigenvalue weighted by Gasteiger charge is 2.15. The topological polar surface area (TPSA) is 35.2 Å². The van der Waals surface area contributed by atoms with Crippen LogP contribution < -0.4 is 10.5 Å². The highest BCUT2D eigenvalue weighted by molar-refractivity contribution is 5.35. The molecule has 16 heavy (non-hydrogen) atoms. The number of ether oxygens (including phenoxy) is 1. The fourth-order valence-electron chi connectivity index (χ4n) is 1.50. The summed E-state index contributed by atoms with van der Waals surface area (Å²) in [6.45, 7) is 9.93. The maximum atomic E-state index is 5.77. The van der Waals surface area contributed by atoms with Crippen molar-refractivity contribution in [1.82, 2.24) is 0 Å². The van der Waals surface area contributed by atoms with Crippen molar-refractivity contribution in [3.05, 3.63) is 29.3 Å². The molecule has 0 spiro atoms. The van der Waals surface area contributed by atoms with E-state index in [1.807, 2.05) is 6.07 Å². The Morgan fingerprint density at radius 3 is 2.50 bits per heavy atom. The highest BCUT2D eigenvalue weighted by atomic mass is 16.5. The summed E-state index contributed by atoms with van der Waals surface area (Å²) < 4.78 is 5.77. The van der Waals surface area contributed by atoms with Crippen molar-refractivity contribution >= 4 is 0 Å². The van der Waals surface area contributed by atoms with E-state index in [0.29, 0.717) is 6.54 Å². The Morgan fingerprint density at radius 1 is 1.25 bits per heavy atom. The Balaban J connectivity index is 2.49. The number of hydrogen-bond acceptors (Lipinski definition) is 2. The Kier molecular flexibility index (Phi) is 4.36. The normalized spacial score (nSPS) is 11.6. The standard InChI is InChI=1S/C14H23NO/c1-11-5-6-13(12(2)9-11)16-8-7-14(3,4)10-15/h5-6,9H,7-8,10,15H2,1-4H3. The fourth-order valence-corrected chi connectivity index (χ4v) is 1.50. The Hall–Kier alpha value is -1.02. The van der Waals surface area contributed by atoms with Crippen molar-refractivity contribution < 1.29 is 4.74 Å². The van der Waals surface area contributed by atoms with Crippen LogP contribution in [0.5, 0.6) is 5.75 Å². The Labute approximate surface area is 98.8 Å². The second-order valence-corrected chi connectivity index (χ2v) is 5.24. The van der Waals surface area contributed by atoms with Crippen LogP contribution in [0.1, 0.15) is 31.4 Å². The highest BCUT2D eigenvalue weighted by Crippen LogP contribution is 2.22. The lowest BCUT2D eigenvalue weighted by Gasteiger charge is -2.22. The molecule has 1 aromatic carbocycles. The minimum Gasteiger partial charge on any atom is -0.493 e. The quantitative estimate of drug-likeness (QED) is 0.829. The molecule has 0 heterocycles. The van der Waals surface area contributed by atoms with Gasteiger partial charge < -0.3 is 10.5 Å². The van der Waals surface area contributed by atoms with E-state index in [1.54, 1.807) is 0 Å². The third-order valence-corrected chi connectivity index (χ3v) is 2.92. The van der Waals surface area contributed by atoms with Crippen LogP contribution in [0.2, 0.25) is 0 Å². The van der Waals surface area contributed by atoms with Crippen molar-refractivity contribution in [2.45, 2.75) is 34.1 Å². The number of nitrogens with two attached hydrogens (primary N) is 1. The molecule has 0 aromatic heterocycles. The second-order valence-electron chi connectivity index (χ2n) is 5.24. The lowest BCUT2D eigenvalue weighted by molar-refractivity contribution is 0.232. The summed E-state index contributed by atoms with van der Waals surface area (Å²) in [5.74, 6) is 0.985. The lowest BCUT2D eigenvalue weighted by atomic mass is 9.90. The number of rotatable bonds is 5. The first-order valence-electron chi connectivity index (χ1n) is 5.85. The van der Waals surface area contributed by atoms with Crippen molar-refractivity contribution in [2.24, 2.45) is 11.1 Å². The third kappa shape index (κ3) is 3.86. The van der Waals surface area contributed by atoms with Gasteiger partial charge in [-0.2, -0.15) is 0 Å². The summed E-state index contributed by atoms with van der Waals surface area (Å²) in [5.41, 5.74) is 8.32. The number of benzene rings is 1. The summed E-state index contributed by atoms with van der Waals surface area (Å²) in [4.78, 5) is 0. The van der Waals surface area contributed by atoms with Crippen molar-refractivity contribution in [3.8, 4) is 5.75 Å². The van der Waals surface area contributed by atoms with Gasteiger partial charge in [0.25, 0.3) is 0 Å². The number of hydrogen-bond donors (Lipinski definition) is 1. The van der Waals surface area contributed by atoms with Gasteiger partial charge in [-0.15, -0.1) is 0 Å². The van der Waals surface area contributed by atoms with Crippen molar-refractivity contribution in [3.63, 3.8) is 0 Å². The van der Waals surface area contributed by atoms with Gasteiger partial charge in [-0.05, 0) is 43.9 Å². The summed E-state index contributed by atoms with van der Waals surface area (Å²) in [7, 11) is 0. The van der Waals surface area contributed by atoms with Crippen LogP contribution in [-0.2, 0) is 0 Å². The molecule has 0 saturated carbocycles. The molecule has 90 valence electrons. The molecular formula is C14H23NO. The van der Waals surface area contributed by atoms with E-state index in [2.05, 4.69) is 39.8 Å². The smallest absolute Gasteiger partial charge is 0.122 e. The first-order valence-corrected chi connectivity index (χ1v) is 5.85. The van der Waals surface area contributed by atoms with E-state index < -0.39 is 0 Å². The van der Waals surface area contributed by atoms with Gasteiger partial charge in [-0.3, -0.25) is 0 Å². The van der Waals surface area contributed by atoms with Crippen LogP contribution in [0.4, 0.5) is 0 Å². The summed E-state index contributed by atoms with van der Waals surface area (Å²) in [6.07, 6.45) is 0.983. The molecule has 0 saturated heterocycles. The first kappa shape index (κ1) is 13.0. The summed E-state index contributed by atoms with van der Waals surface area (Å²) >= 11 is 0. The van der Waals surface area contributed by atoms with Crippen LogP contribution in [0.25, 0.3) is 0 Å². The fraction of sp³-hybridized carbons (Fsp3) is 0.571. The average Bonchev–Trinajstić information content (AvgIpc) is 2.21. The van der Waals surface area contributed by atoms with E-state index >= 15 is 0 Å². The van der Waals surface area contributed by atoms with E-state index in [0.717, 1.165) is 18.8 Å². The minimum absolute atomic E-state index is 0.165. The molecule has 1 aromatic rings. The third-order valence-electron chi connectivity index (χ3n) is 2.92. The second kappa shape index (κ2) is 5.35. The van der Waals surface area contributed by atoms with E-state index in [1.165, 1.54) is 11.1 Å². The molecule has 2 nitrogen and oxygen atoms in total. The van der Waals surface area contributed by atoms with Gasteiger partial charge in [-0.25, -0.2) is 0 Å². The van der Waals surface area contributed by atoms with Crippen molar-refractivity contribution in [2.75, 3.05) is 13.2 Å². The monoisotopic (exact) mass is 221 g/mol. The van der Waals surface area contributed by atoms with E-state index in [-0.39, 0.29) is 5.41 Å². The summed E-state index contributed by atoms with van der Waals surface area (Å²) in [6, 6.07) is 6.26. The van der Waals surface area contributed by atoms with Gasteiger partial charge in [0.2, 0.25) is 0 Å². The van der Waals surface area contributed by atoms with Crippen LogP contribution >= 0.6 is 0 Å². The van der Waals surface area contributed by atoms with E-state index in [4.69, 9.17) is 10.5 Å². The molecular weight excluding hydrogens is 198 g/mol. The van der Waals surface area contributed by atoms with Crippen molar-refractivity contribution in [1.29, 1.82) is 0 Å². The zero-order valence-electron chi connectivity index (χ0n) is 10.8. The van der Waals surface area contributed by atoms with Gasteiger partial charge in [0.1, 0.15) is 5.75 Å². The molecule has 2 N–H and O–H groups in total. The molecule has 0 aliphatic rings. The van der Waals surface area contributed by atoms with Gasteiger partial charge in [-0.1, -0.05) is 31.5 Å². The molecule has 0 amide bonds. The maximum Gasteiger partial charge on any atom is 0.122 e. The lowest BCUT2D eigenvalue weighted by Crippen LogP contribution is -2.25. The molecule has 0 unspecified atom stereocenters. The molecule has 0 bridgehead atoms. The molecule has 1 rings (SSSR count). The molecule has 0 fully saturated rings. The molecule has 2 heteroatoms. The predicted octanol–water partition coefficient (Wildman–Crippen LogP) is 3.06. The van der Waals surface area contributed by atoms with Gasteiger partial charge in [0.15, 0.2) is 0 Å². The predicted molar refractivity (Wildman–Crippen MR) is 68.9 cm³/mol. The Morgan fingerprint density at radius 2 is 1.94 bits per heavy atom. The van der Waals surface area contributed by atoms with Crippen LogP contribution in [0.15, 0.2) is 18.2 Å². The largest absolute Gasteiger partial charge is 0.493 e. The van der Waals surface area contributed by atoms with Crippen LogP contribution in [0, 0.1) is 19.3 Å². The zero-order valence-corrected chi connectivity index (χ0v) is 10.8. The van der Waals surface area contributed by atoms with Crippen LogP contribution in [-0.4, -0.2) is 13.2 Å². The van der Waals surface area contributed by atoms with Crippen LogP contribution in [0.3, 0.4) is 0 Å². The molecule has 0 radical (unpaired) electrons. The Bertz CT molecular complexity index is 345. The molecule has 0 aliphatic carbocycles. The van der Waals surface area contributed by atoms with Gasteiger partial charge >= 0.3 is 0 Å². The van der Waals surface area contributed by atoms with Gasteiger partial charge in [0, 0.05) is 0 Å². The zero-order chi connectivity index (χ0) is 12.2. The van der Waals surface area contributed by atoms with E-state index in [9.17, 15) is 0 Å². The minimum atomic E-state index is 0.165. The number of aryl methyl sites for hydroxylation is 2.